The van der Waals surface area contributed by atoms with Crippen LogP contribution in [0.2, 0.25) is 0 Å². The van der Waals surface area contributed by atoms with Crippen LogP contribution in [-0.4, -0.2) is 50.0 Å². The summed E-state index contributed by atoms with van der Waals surface area (Å²) in [4.78, 5) is 24.2. The van der Waals surface area contributed by atoms with Crippen LogP contribution >= 0.6 is 11.8 Å². The molecule has 0 aliphatic rings. The topological polar surface area (TPSA) is 102 Å². The Labute approximate surface area is 124 Å². The minimum absolute atomic E-state index is 0.0476. The number of nitrogens with zero attached hydrogens (tertiary/aromatic N) is 7. The first-order chi connectivity index (χ1) is 9.95. The lowest BCUT2D eigenvalue weighted by atomic mass is 10.4. The maximum atomic E-state index is 10.6. The van der Waals surface area contributed by atoms with E-state index in [0.29, 0.717) is 16.1 Å². The Kier molecular flexibility index (Phi) is 4.48. The Hall–Kier alpha value is -2.49. The van der Waals surface area contributed by atoms with Crippen LogP contribution in [0, 0.1) is 10.1 Å². The van der Waals surface area contributed by atoms with Gasteiger partial charge in [-0.2, -0.15) is 4.98 Å². The molecular weight excluding hydrogens is 294 g/mol. The molecule has 0 saturated heterocycles. The van der Waals surface area contributed by atoms with Crippen molar-refractivity contribution < 1.29 is 4.92 Å². The van der Waals surface area contributed by atoms with Crippen molar-refractivity contribution in [2.75, 3.05) is 14.1 Å². The molecule has 0 aliphatic heterocycles. The second kappa shape index (κ2) is 6.31. The molecule has 0 spiro atoms. The zero-order valence-corrected chi connectivity index (χ0v) is 12.5. The molecule has 2 aromatic heterocycles. The lowest BCUT2D eigenvalue weighted by molar-refractivity contribution is -0.385. The molecule has 9 nitrogen and oxygen atoms in total. The maximum absolute atomic E-state index is 10.6. The van der Waals surface area contributed by atoms with Crippen molar-refractivity contribution in [3.05, 3.63) is 28.4 Å². The van der Waals surface area contributed by atoms with Crippen LogP contribution in [0.25, 0.3) is 0 Å². The van der Waals surface area contributed by atoms with Gasteiger partial charge in [0, 0.05) is 27.2 Å². The molecule has 2 aromatic rings. The highest BCUT2D eigenvalue weighted by Crippen LogP contribution is 2.26. The highest BCUT2D eigenvalue weighted by molar-refractivity contribution is 7.99. The van der Waals surface area contributed by atoms with Crippen LogP contribution in [0.5, 0.6) is 0 Å². The molecule has 0 N–H and O–H groups in total. The van der Waals surface area contributed by atoms with Crippen molar-refractivity contribution in [3.8, 4) is 0 Å². The van der Waals surface area contributed by atoms with Gasteiger partial charge < -0.3 is 4.90 Å². The molecule has 0 amide bonds. The number of nitro groups is 1. The number of aromatic nitrogens is 4. The maximum Gasteiger partial charge on any atom is 0.287 e. The molecule has 0 saturated carbocycles. The molecule has 21 heavy (non-hydrogen) atoms. The van der Waals surface area contributed by atoms with Crippen molar-refractivity contribution >= 4 is 29.7 Å². The predicted octanol–water partition coefficient (Wildman–Crippen LogP) is 1.49. The highest BCUT2D eigenvalue weighted by Gasteiger charge is 2.11. The van der Waals surface area contributed by atoms with Gasteiger partial charge in [0.15, 0.2) is 5.16 Å². The summed E-state index contributed by atoms with van der Waals surface area (Å²) in [5.74, 6) is 0.343. The molecule has 0 aromatic carbocycles. The molecule has 110 valence electrons. The van der Waals surface area contributed by atoms with E-state index in [1.54, 1.807) is 29.0 Å². The standard InChI is InChI=1S/C11H13N7O2S/c1-16(2)7-13-10-14-11(17(3)15-10)21-9-5-4-8(6-12-9)18(19)20/h4-7H,1-3H3/b13-7+. The third-order valence-corrected chi connectivity index (χ3v) is 3.23. The number of aliphatic imine (C=N–C) groups is 1. The smallest absolute Gasteiger partial charge is 0.287 e. The molecule has 0 bridgehead atoms. The number of pyridine rings is 1. The molecule has 0 aliphatic carbocycles. The Morgan fingerprint density at radius 2 is 2.24 bits per heavy atom. The van der Waals surface area contributed by atoms with Gasteiger partial charge in [-0.15, -0.1) is 5.10 Å². The highest BCUT2D eigenvalue weighted by atomic mass is 32.2. The molecule has 0 fully saturated rings. The average Bonchev–Trinajstić information content (AvgIpc) is 2.78. The van der Waals surface area contributed by atoms with E-state index in [4.69, 9.17) is 0 Å². The van der Waals surface area contributed by atoms with Crippen molar-refractivity contribution in [2.24, 2.45) is 12.0 Å². The number of aryl methyl sites for hydroxylation is 1. The fourth-order valence-electron chi connectivity index (χ4n) is 1.30. The van der Waals surface area contributed by atoms with Gasteiger partial charge in [-0.3, -0.25) is 10.1 Å². The van der Waals surface area contributed by atoms with E-state index < -0.39 is 4.92 Å². The van der Waals surface area contributed by atoms with Gasteiger partial charge >= 0.3 is 0 Å². The van der Waals surface area contributed by atoms with E-state index in [9.17, 15) is 10.1 Å². The summed E-state index contributed by atoms with van der Waals surface area (Å²) in [6.45, 7) is 0. The van der Waals surface area contributed by atoms with Gasteiger partial charge in [0.1, 0.15) is 11.2 Å². The zero-order valence-electron chi connectivity index (χ0n) is 11.7. The molecule has 2 heterocycles. The Bertz CT molecular complexity index is 666. The van der Waals surface area contributed by atoms with Crippen LogP contribution in [0.3, 0.4) is 0 Å². The summed E-state index contributed by atoms with van der Waals surface area (Å²) < 4.78 is 1.58. The van der Waals surface area contributed by atoms with Crippen LogP contribution in [-0.2, 0) is 7.05 Å². The van der Waals surface area contributed by atoms with Crippen LogP contribution in [0.15, 0.2) is 33.5 Å². The molecule has 10 heteroatoms. The summed E-state index contributed by atoms with van der Waals surface area (Å²) in [7, 11) is 5.45. The number of hydrogen-bond donors (Lipinski definition) is 0. The molecule has 0 radical (unpaired) electrons. The molecule has 0 atom stereocenters. The zero-order chi connectivity index (χ0) is 15.4. The van der Waals surface area contributed by atoms with E-state index in [-0.39, 0.29) is 5.69 Å². The van der Waals surface area contributed by atoms with Crippen molar-refractivity contribution in [2.45, 2.75) is 10.2 Å². The van der Waals surface area contributed by atoms with Gasteiger partial charge in [0.25, 0.3) is 11.6 Å². The van der Waals surface area contributed by atoms with Gasteiger partial charge in [0.05, 0.1) is 11.3 Å². The minimum Gasteiger partial charge on any atom is -0.369 e. The van der Waals surface area contributed by atoms with E-state index >= 15 is 0 Å². The van der Waals surface area contributed by atoms with Crippen molar-refractivity contribution in [1.82, 2.24) is 24.6 Å². The summed E-state index contributed by atoms with van der Waals surface area (Å²) >= 11 is 1.26. The molecular formula is C11H13N7O2S. The van der Waals surface area contributed by atoms with Crippen molar-refractivity contribution in [3.63, 3.8) is 0 Å². The molecule has 2 rings (SSSR count). The van der Waals surface area contributed by atoms with E-state index in [1.807, 2.05) is 14.1 Å². The van der Waals surface area contributed by atoms with Crippen LogP contribution in [0.1, 0.15) is 0 Å². The Morgan fingerprint density at radius 3 is 2.81 bits per heavy atom. The lowest BCUT2D eigenvalue weighted by Crippen LogP contribution is -2.07. The second-order valence-electron chi connectivity index (χ2n) is 4.24. The normalized spacial score (nSPS) is 11.0. The first-order valence-corrected chi connectivity index (χ1v) is 6.67. The largest absolute Gasteiger partial charge is 0.369 e. The first kappa shape index (κ1) is 14.9. The van der Waals surface area contributed by atoms with Crippen molar-refractivity contribution in [1.29, 1.82) is 0 Å². The van der Waals surface area contributed by atoms with Gasteiger partial charge in [0.2, 0.25) is 0 Å². The van der Waals surface area contributed by atoms with E-state index in [0.717, 1.165) is 0 Å². The van der Waals surface area contributed by atoms with E-state index in [1.165, 1.54) is 24.0 Å². The monoisotopic (exact) mass is 307 g/mol. The summed E-state index contributed by atoms with van der Waals surface area (Å²) in [6.07, 6.45) is 2.82. The first-order valence-electron chi connectivity index (χ1n) is 5.85. The van der Waals surface area contributed by atoms with Gasteiger partial charge in [-0.05, 0) is 17.8 Å². The SMILES string of the molecule is CN(C)/C=N/c1nc(Sc2ccc([N+](=O)[O-])cn2)n(C)n1. The van der Waals surface area contributed by atoms with Crippen LogP contribution in [0.4, 0.5) is 11.6 Å². The summed E-state index contributed by atoms with van der Waals surface area (Å²) in [5.41, 5.74) is -0.0476. The second-order valence-corrected chi connectivity index (χ2v) is 5.23. The van der Waals surface area contributed by atoms with E-state index in [2.05, 4.69) is 20.1 Å². The van der Waals surface area contributed by atoms with Gasteiger partial charge in [-0.1, -0.05) is 0 Å². The number of rotatable bonds is 5. The number of hydrogen-bond acceptors (Lipinski definition) is 7. The molecule has 0 unspecified atom stereocenters. The summed E-state index contributed by atoms with van der Waals surface area (Å²) in [6, 6.07) is 2.97. The Balaban J connectivity index is 2.14. The fraction of sp³-hybridized carbons (Fsp3) is 0.273. The third-order valence-electron chi connectivity index (χ3n) is 2.24. The predicted molar refractivity (Wildman–Crippen MR) is 77.9 cm³/mol. The third kappa shape index (κ3) is 3.99. The Morgan fingerprint density at radius 1 is 1.48 bits per heavy atom. The fourth-order valence-corrected chi connectivity index (χ4v) is 2.03. The average molecular weight is 307 g/mol. The quantitative estimate of drug-likeness (QED) is 0.357. The summed E-state index contributed by atoms with van der Waals surface area (Å²) in [5, 5.41) is 15.9. The lowest BCUT2D eigenvalue weighted by Gasteiger charge is -1.99. The minimum atomic E-state index is -0.488. The van der Waals surface area contributed by atoms with Gasteiger partial charge in [-0.25, -0.2) is 14.7 Å². The van der Waals surface area contributed by atoms with Crippen LogP contribution < -0.4 is 0 Å².